The summed E-state index contributed by atoms with van der Waals surface area (Å²) in [4.78, 5) is 7.89. The summed E-state index contributed by atoms with van der Waals surface area (Å²) in [6, 6.07) is 6.65. The Bertz CT molecular complexity index is 1090. The zero-order valence-electron chi connectivity index (χ0n) is 13.8. The zero-order valence-corrected chi connectivity index (χ0v) is 14.6. The fraction of sp³-hybridized carbons (Fsp3) is 0.176. The maximum Gasteiger partial charge on any atom is 0.232 e. The van der Waals surface area contributed by atoms with Crippen LogP contribution in [0.25, 0.3) is 22.0 Å². The number of hydrogen-bond donors (Lipinski definition) is 2. The number of nitrogens with one attached hydrogen (secondary N) is 1. The van der Waals surface area contributed by atoms with Crippen LogP contribution >= 0.6 is 0 Å². The highest BCUT2D eigenvalue weighted by atomic mass is 32.2. The van der Waals surface area contributed by atoms with Crippen LogP contribution in [0.4, 0.5) is 20.4 Å². The van der Waals surface area contributed by atoms with Gasteiger partial charge in [0.2, 0.25) is 16.0 Å². The number of rotatable bonds is 5. The molecule has 0 aliphatic heterocycles. The van der Waals surface area contributed by atoms with Gasteiger partial charge in [-0.2, -0.15) is 0 Å². The number of hydrogen-bond acceptors (Lipinski definition) is 5. The Morgan fingerprint density at radius 3 is 2.69 bits per heavy atom. The minimum atomic E-state index is -3.70. The van der Waals surface area contributed by atoms with Crippen molar-refractivity contribution in [2.24, 2.45) is 0 Å². The maximum absolute atomic E-state index is 14.8. The molecule has 0 radical (unpaired) electrons. The zero-order chi connectivity index (χ0) is 18.9. The highest BCUT2D eigenvalue weighted by molar-refractivity contribution is 7.92. The second-order valence-corrected chi connectivity index (χ2v) is 7.55. The van der Waals surface area contributed by atoms with Crippen LogP contribution in [-0.4, -0.2) is 24.1 Å². The molecule has 1 heterocycles. The molecule has 0 amide bonds. The fourth-order valence-corrected chi connectivity index (χ4v) is 3.72. The van der Waals surface area contributed by atoms with Crippen LogP contribution in [0.3, 0.4) is 0 Å². The van der Waals surface area contributed by atoms with Crippen molar-refractivity contribution in [2.75, 3.05) is 16.2 Å². The lowest BCUT2D eigenvalue weighted by atomic mass is 10.0. The highest BCUT2D eigenvalue weighted by Crippen LogP contribution is 2.32. The van der Waals surface area contributed by atoms with Crippen molar-refractivity contribution in [3.8, 4) is 11.1 Å². The Morgan fingerprint density at radius 1 is 1.19 bits per heavy atom. The van der Waals surface area contributed by atoms with Gasteiger partial charge in [-0.1, -0.05) is 13.0 Å². The van der Waals surface area contributed by atoms with Gasteiger partial charge in [-0.05, 0) is 36.2 Å². The molecule has 3 aromatic rings. The lowest BCUT2D eigenvalue weighted by Crippen LogP contribution is -2.17. The van der Waals surface area contributed by atoms with Gasteiger partial charge in [0.15, 0.2) is 5.82 Å². The summed E-state index contributed by atoms with van der Waals surface area (Å²) in [5.41, 5.74) is 5.65. The number of aromatic nitrogens is 2. The van der Waals surface area contributed by atoms with E-state index in [4.69, 9.17) is 5.73 Å². The topological polar surface area (TPSA) is 98.0 Å². The number of nitrogens with two attached hydrogens (primary N) is 1. The molecule has 1 aromatic heterocycles. The second kappa shape index (κ2) is 6.83. The van der Waals surface area contributed by atoms with E-state index in [0.29, 0.717) is 17.3 Å². The summed E-state index contributed by atoms with van der Waals surface area (Å²) in [5, 5.41) is 0.549. The van der Waals surface area contributed by atoms with E-state index in [-0.39, 0.29) is 28.5 Å². The molecule has 0 atom stereocenters. The van der Waals surface area contributed by atoms with Crippen molar-refractivity contribution in [1.29, 1.82) is 0 Å². The van der Waals surface area contributed by atoms with Crippen LogP contribution in [0.1, 0.15) is 13.3 Å². The minimum absolute atomic E-state index is 0.0925. The number of anilines is 2. The monoisotopic (exact) mass is 378 g/mol. The summed E-state index contributed by atoms with van der Waals surface area (Å²) in [7, 11) is -3.70. The Hall–Kier alpha value is -2.81. The summed E-state index contributed by atoms with van der Waals surface area (Å²) >= 11 is 0. The van der Waals surface area contributed by atoms with Gasteiger partial charge < -0.3 is 5.73 Å². The lowest BCUT2D eigenvalue weighted by Gasteiger charge is -2.12. The van der Waals surface area contributed by atoms with Crippen LogP contribution in [0.5, 0.6) is 0 Å². The summed E-state index contributed by atoms with van der Waals surface area (Å²) < 4.78 is 55.1. The van der Waals surface area contributed by atoms with Crippen molar-refractivity contribution < 1.29 is 17.2 Å². The first-order valence-electron chi connectivity index (χ1n) is 7.82. The molecule has 0 aliphatic carbocycles. The molecule has 6 nitrogen and oxygen atoms in total. The molecule has 9 heteroatoms. The molecular formula is C17H16F2N4O2S. The van der Waals surface area contributed by atoms with Crippen molar-refractivity contribution >= 4 is 32.6 Å². The first-order chi connectivity index (χ1) is 12.3. The molecular weight excluding hydrogens is 362 g/mol. The van der Waals surface area contributed by atoms with Crippen LogP contribution in [0, 0.1) is 11.6 Å². The molecule has 26 heavy (non-hydrogen) atoms. The van der Waals surface area contributed by atoms with E-state index >= 15 is 0 Å². The molecule has 3 rings (SSSR count). The van der Waals surface area contributed by atoms with E-state index in [0.717, 1.165) is 12.1 Å². The quantitative estimate of drug-likeness (QED) is 0.710. The van der Waals surface area contributed by atoms with Crippen LogP contribution in [-0.2, 0) is 10.0 Å². The molecule has 2 aromatic carbocycles. The molecule has 136 valence electrons. The van der Waals surface area contributed by atoms with Crippen LogP contribution < -0.4 is 10.5 Å². The number of fused-ring (bicyclic) bond motifs is 1. The van der Waals surface area contributed by atoms with Crippen molar-refractivity contribution in [2.45, 2.75) is 13.3 Å². The van der Waals surface area contributed by atoms with Gasteiger partial charge in [-0.15, -0.1) is 0 Å². The molecule has 0 spiro atoms. The van der Waals surface area contributed by atoms with Gasteiger partial charge >= 0.3 is 0 Å². The van der Waals surface area contributed by atoms with E-state index in [1.54, 1.807) is 13.0 Å². The standard InChI is InChI=1S/C17H16F2N4O2S/c1-2-7-26(24,25)23-14-6-4-12(18)15(16(14)19)10-3-5-13-11(8-10)9-21-17(20)22-13/h3-6,8-9,23H,2,7H2,1H3,(H2,20,21,22). The van der Waals surface area contributed by atoms with E-state index in [2.05, 4.69) is 14.7 Å². The third-order valence-electron chi connectivity index (χ3n) is 3.72. The highest BCUT2D eigenvalue weighted by Gasteiger charge is 2.19. The van der Waals surface area contributed by atoms with E-state index in [1.165, 1.54) is 18.3 Å². The van der Waals surface area contributed by atoms with Gasteiger partial charge in [0, 0.05) is 11.6 Å². The smallest absolute Gasteiger partial charge is 0.232 e. The Morgan fingerprint density at radius 2 is 1.96 bits per heavy atom. The van der Waals surface area contributed by atoms with Crippen LogP contribution in [0.2, 0.25) is 0 Å². The Labute approximate surface area is 149 Å². The Balaban J connectivity index is 2.10. The fourth-order valence-electron chi connectivity index (χ4n) is 2.59. The number of nitrogen functional groups attached to an aromatic ring is 1. The third-order valence-corrected chi connectivity index (χ3v) is 5.19. The third kappa shape index (κ3) is 3.57. The summed E-state index contributed by atoms with van der Waals surface area (Å²) in [6.07, 6.45) is 1.82. The molecule has 0 saturated heterocycles. The van der Waals surface area contributed by atoms with E-state index in [9.17, 15) is 17.2 Å². The molecule has 3 N–H and O–H groups in total. The number of benzene rings is 2. The summed E-state index contributed by atoms with van der Waals surface area (Å²) in [5.74, 6) is -1.86. The second-order valence-electron chi connectivity index (χ2n) is 5.71. The first kappa shape index (κ1) is 18.0. The predicted molar refractivity (Wildman–Crippen MR) is 97.0 cm³/mol. The van der Waals surface area contributed by atoms with Crippen molar-refractivity contribution in [3.63, 3.8) is 0 Å². The van der Waals surface area contributed by atoms with Gasteiger partial charge in [0.05, 0.1) is 22.5 Å². The predicted octanol–water partition coefficient (Wildman–Crippen LogP) is 3.31. The SMILES string of the molecule is CCCS(=O)(=O)Nc1ccc(F)c(-c2ccc3nc(N)ncc3c2)c1F. The molecule has 0 bridgehead atoms. The normalized spacial score (nSPS) is 11.7. The number of halogens is 2. The average Bonchev–Trinajstić information content (AvgIpc) is 2.57. The van der Waals surface area contributed by atoms with Crippen molar-refractivity contribution in [1.82, 2.24) is 9.97 Å². The summed E-state index contributed by atoms with van der Waals surface area (Å²) in [6.45, 7) is 1.69. The number of nitrogens with zero attached hydrogens (tertiary/aromatic N) is 2. The lowest BCUT2D eigenvalue weighted by molar-refractivity contribution is 0.587. The Kier molecular flexibility index (Phi) is 4.73. The molecule has 0 unspecified atom stereocenters. The molecule has 0 fully saturated rings. The van der Waals surface area contributed by atoms with Gasteiger partial charge in [0.25, 0.3) is 0 Å². The molecule has 0 saturated carbocycles. The molecule has 0 aliphatic rings. The van der Waals surface area contributed by atoms with E-state index in [1.807, 2.05) is 0 Å². The first-order valence-corrected chi connectivity index (χ1v) is 9.47. The van der Waals surface area contributed by atoms with E-state index < -0.39 is 21.7 Å². The van der Waals surface area contributed by atoms with Gasteiger partial charge in [-0.3, -0.25) is 4.72 Å². The number of sulfonamides is 1. The van der Waals surface area contributed by atoms with Crippen molar-refractivity contribution in [3.05, 3.63) is 48.2 Å². The minimum Gasteiger partial charge on any atom is -0.368 e. The van der Waals surface area contributed by atoms with Gasteiger partial charge in [-0.25, -0.2) is 27.2 Å². The van der Waals surface area contributed by atoms with Crippen LogP contribution in [0.15, 0.2) is 36.5 Å². The van der Waals surface area contributed by atoms with Gasteiger partial charge in [0.1, 0.15) is 5.82 Å². The maximum atomic E-state index is 14.8. The largest absolute Gasteiger partial charge is 0.368 e. The average molecular weight is 378 g/mol.